The molecule has 0 saturated carbocycles. The molecule has 2 rings (SSSR count). The fourth-order valence-electron chi connectivity index (χ4n) is 2.26. The second-order valence-corrected chi connectivity index (χ2v) is 5.02. The van der Waals surface area contributed by atoms with Gasteiger partial charge in [-0.05, 0) is 33.1 Å². The quantitative estimate of drug-likeness (QED) is 0.769. The molecular weight excluding hydrogens is 260 g/mol. The number of aryl methyl sites for hydroxylation is 2. The summed E-state index contributed by atoms with van der Waals surface area (Å²) in [6.07, 6.45) is 3.25. The molecule has 1 N–H and O–H groups in total. The van der Waals surface area contributed by atoms with E-state index in [0.29, 0.717) is 36.8 Å². The van der Waals surface area contributed by atoms with Crippen LogP contribution in [0.4, 0.5) is 0 Å². The number of carbonyl (C=O) groups excluding carboxylic acids is 1. The number of nitrogens with zero attached hydrogens (tertiary/aromatic N) is 1. The van der Waals surface area contributed by atoms with Gasteiger partial charge >= 0.3 is 0 Å². The second kappa shape index (κ2) is 7.40. The normalized spacial score (nSPS) is 18.4. The standard InChI is InChI=1S/C14H22N2O4/c1-10-13(11(2)20-16-10)14(17)15-6-4-7-18-9-12-5-3-8-19-12/h12H,3-9H2,1-2H3,(H,15,17)/t12-/m1/s1. The Hall–Kier alpha value is -1.40. The Morgan fingerprint density at radius 1 is 1.50 bits per heavy atom. The van der Waals surface area contributed by atoms with E-state index in [-0.39, 0.29) is 12.0 Å². The summed E-state index contributed by atoms with van der Waals surface area (Å²) in [4.78, 5) is 11.9. The maximum atomic E-state index is 11.9. The van der Waals surface area contributed by atoms with Crippen LogP contribution in [0.25, 0.3) is 0 Å². The molecule has 1 amide bonds. The maximum Gasteiger partial charge on any atom is 0.256 e. The molecule has 6 heteroatoms. The van der Waals surface area contributed by atoms with Crippen molar-refractivity contribution in [3.05, 3.63) is 17.0 Å². The van der Waals surface area contributed by atoms with E-state index in [0.717, 1.165) is 25.9 Å². The molecule has 1 aromatic heterocycles. The molecule has 0 radical (unpaired) electrons. The van der Waals surface area contributed by atoms with Crippen molar-refractivity contribution in [2.24, 2.45) is 0 Å². The SMILES string of the molecule is Cc1noc(C)c1C(=O)NCCCOC[C@H]1CCCO1. The molecule has 0 aliphatic carbocycles. The van der Waals surface area contributed by atoms with E-state index in [1.165, 1.54) is 0 Å². The number of ether oxygens (including phenoxy) is 2. The zero-order valence-electron chi connectivity index (χ0n) is 12.1. The summed E-state index contributed by atoms with van der Waals surface area (Å²) in [6, 6.07) is 0. The monoisotopic (exact) mass is 282 g/mol. The Morgan fingerprint density at radius 2 is 2.35 bits per heavy atom. The number of aromatic nitrogens is 1. The smallest absolute Gasteiger partial charge is 0.256 e. The van der Waals surface area contributed by atoms with Crippen molar-refractivity contribution in [1.29, 1.82) is 0 Å². The van der Waals surface area contributed by atoms with E-state index in [4.69, 9.17) is 14.0 Å². The summed E-state index contributed by atoms with van der Waals surface area (Å²) in [7, 11) is 0. The van der Waals surface area contributed by atoms with Gasteiger partial charge in [-0.2, -0.15) is 0 Å². The highest BCUT2D eigenvalue weighted by atomic mass is 16.5. The molecular formula is C14H22N2O4. The average Bonchev–Trinajstić information content (AvgIpc) is 3.04. The minimum absolute atomic E-state index is 0.139. The lowest BCUT2D eigenvalue weighted by molar-refractivity contribution is 0.0166. The van der Waals surface area contributed by atoms with Gasteiger partial charge in [0.2, 0.25) is 0 Å². The second-order valence-electron chi connectivity index (χ2n) is 5.02. The molecule has 1 aromatic rings. The molecule has 20 heavy (non-hydrogen) atoms. The predicted molar refractivity (Wildman–Crippen MR) is 72.7 cm³/mol. The zero-order valence-corrected chi connectivity index (χ0v) is 12.1. The number of nitrogens with one attached hydrogen (secondary N) is 1. The van der Waals surface area contributed by atoms with E-state index < -0.39 is 0 Å². The van der Waals surface area contributed by atoms with Gasteiger partial charge in [0.05, 0.1) is 18.4 Å². The van der Waals surface area contributed by atoms with Gasteiger partial charge in [0.1, 0.15) is 11.3 Å². The predicted octanol–water partition coefficient (Wildman–Crippen LogP) is 1.61. The summed E-state index contributed by atoms with van der Waals surface area (Å²) in [5.41, 5.74) is 1.15. The number of hydrogen-bond acceptors (Lipinski definition) is 5. The van der Waals surface area contributed by atoms with Crippen LogP contribution in [-0.4, -0.2) is 43.5 Å². The molecule has 0 unspecified atom stereocenters. The van der Waals surface area contributed by atoms with Crippen molar-refractivity contribution in [3.63, 3.8) is 0 Å². The van der Waals surface area contributed by atoms with Crippen LogP contribution < -0.4 is 5.32 Å². The van der Waals surface area contributed by atoms with E-state index >= 15 is 0 Å². The minimum atomic E-state index is -0.139. The molecule has 112 valence electrons. The summed E-state index contributed by atoms with van der Waals surface area (Å²) in [5.74, 6) is 0.412. The largest absolute Gasteiger partial charge is 0.379 e. The number of hydrogen-bond donors (Lipinski definition) is 1. The number of carbonyl (C=O) groups is 1. The Morgan fingerprint density at radius 3 is 3.00 bits per heavy atom. The van der Waals surface area contributed by atoms with Crippen molar-refractivity contribution in [1.82, 2.24) is 10.5 Å². The Labute approximate surface area is 118 Å². The van der Waals surface area contributed by atoms with Gasteiger partial charge in [0, 0.05) is 19.8 Å². The fourth-order valence-corrected chi connectivity index (χ4v) is 2.26. The third-order valence-electron chi connectivity index (χ3n) is 3.34. The van der Waals surface area contributed by atoms with Gasteiger partial charge < -0.3 is 19.3 Å². The third kappa shape index (κ3) is 4.05. The van der Waals surface area contributed by atoms with Crippen LogP contribution in [0.15, 0.2) is 4.52 Å². The van der Waals surface area contributed by atoms with Gasteiger partial charge in [0.15, 0.2) is 0 Å². The van der Waals surface area contributed by atoms with Gasteiger partial charge in [-0.25, -0.2) is 0 Å². The fraction of sp³-hybridized carbons (Fsp3) is 0.714. The van der Waals surface area contributed by atoms with Crippen LogP contribution in [0.2, 0.25) is 0 Å². The van der Waals surface area contributed by atoms with Gasteiger partial charge in [-0.1, -0.05) is 5.16 Å². The molecule has 0 aromatic carbocycles. The summed E-state index contributed by atoms with van der Waals surface area (Å²) < 4.78 is 16.0. The molecule has 0 bridgehead atoms. The first-order valence-electron chi connectivity index (χ1n) is 7.09. The Bertz CT molecular complexity index is 419. The summed E-state index contributed by atoms with van der Waals surface area (Å²) >= 11 is 0. The lowest BCUT2D eigenvalue weighted by Crippen LogP contribution is -2.26. The molecule has 1 aliphatic heterocycles. The van der Waals surface area contributed by atoms with Gasteiger partial charge in [0.25, 0.3) is 5.91 Å². The van der Waals surface area contributed by atoms with Gasteiger partial charge in [-0.3, -0.25) is 4.79 Å². The molecule has 1 atom stereocenters. The van der Waals surface area contributed by atoms with Crippen molar-refractivity contribution in [2.45, 2.75) is 39.2 Å². The van der Waals surface area contributed by atoms with Crippen LogP contribution in [-0.2, 0) is 9.47 Å². The minimum Gasteiger partial charge on any atom is -0.379 e. The Kier molecular flexibility index (Phi) is 5.55. The van der Waals surface area contributed by atoms with E-state index in [9.17, 15) is 4.79 Å². The Balaban J connectivity index is 1.57. The third-order valence-corrected chi connectivity index (χ3v) is 3.34. The summed E-state index contributed by atoms with van der Waals surface area (Å²) in [5, 5.41) is 6.61. The maximum absolute atomic E-state index is 11.9. The highest BCUT2D eigenvalue weighted by molar-refractivity contribution is 5.96. The topological polar surface area (TPSA) is 73.6 Å². The summed E-state index contributed by atoms with van der Waals surface area (Å²) in [6.45, 7) is 6.20. The molecule has 1 fully saturated rings. The number of rotatable bonds is 7. The van der Waals surface area contributed by atoms with E-state index in [1.807, 2.05) is 0 Å². The first-order chi connectivity index (χ1) is 9.68. The van der Waals surface area contributed by atoms with Crippen molar-refractivity contribution in [3.8, 4) is 0 Å². The first-order valence-corrected chi connectivity index (χ1v) is 7.09. The molecule has 1 saturated heterocycles. The van der Waals surface area contributed by atoms with Crippen LogP contribution in [0.5, 0.6) is 0 Å². The molecule has 2 heterocycles. The number of amides is 1. The van der Waals surface area contributed by atoms with Crippen LogP contribution in [0.1, 0.15) is 41.1 Å². The van der Waals surface area contributed by atoms with Crippen LogP contribution in [0.3, 0.4) is 0 Å². The highest BCUT2D eigenvalue weighted by Crippen LogP contribution is 2.12. The molecule has 1 aliphatic rings. The highest BCUT2D eigenvalue weighted by Gasteiger charge is 2.17. The molecule has 0 spiro atoms. The zero-order chi connectivity index (χ0) is 14.4. The average molecular weight is 282 g/mol. The molecule has 6 nitrogen and oxygen atoms in total. The lowest BCUT2D eigenvalue weighted by atomic mass is 10.2. The van der Waals surface area contributed by atoms with Gasteiger partial charge in [-0.15, -0.1) is 0 Å². The first kappa shape index (κ1) is 15.0. The van der Waals surface area contributed by atoms with E-state index in [2.05, 4.69) is 10.5 Å². The lowest BCUT2D eigenvalue weighted by Gasteiger charge is -2.10. The van der Waals surface area contributed by atoms with Crippen molar-refractivity contribution >= 4 is 5.91 Å². The van der Waals surface area contributed by atoms with Crippen molar-refractivity contribution < 1.29 is 18.8 Å². The van der Waals surface area contributed by atoms with Crippen molar-refractivity contribution in [2.75, 3.05) is 26.4 Å². The van der Waals surface area contributed by atoms with Crippen LogP contribution >= 0.6 is 0 Å². The van der Waals surface area contributed by atoms with Crippen LogP contribution in [0, 0.1) is 13.8 Å². The van der Waals surface area contributed by atoms with E-state index in [1.54, 1.807) is 13.8 Å².